The number of benzene rings is 1. The summed E-state index contributed by atoms with van der Waals surface area (Å²) in [6, 6.07) is 8.24. The SMILES string of the molecule is CCOc1ccc(C(NN)C(C)(C)N(CC)CC)cc1. The molecule has 0 aromatic heterocycles. The number of rotatable bonds is 8. The summed E-state index contributed by atoms with van der Waals surface area (Å²) in [4.78, 5) is 2.41. The molecule has 1 rings (SSSR count). The standard InChI is InChI=1S/C16H29N3O/c1-6-19(7-2)16(4,5)15(18-17)13-9-11-14(12-10-13)20-8-3/h9-12,15,18H,6-8,17H2,1-5H3. The number of hydrogen-bond acceptors (Lipinski definition) is 4. The molecule has 1 aromatic rings. The smallest absolute Gasteiger partial charge is 0.119 e. The van der Waals surface area contributed by atoms with Crippen LogP contribution in [0.15, 0.2) is 24.3 Å². The molecule has 0 saturated carbocycles. The van der Waals surface area contributed by atoms with Crippen molar-refractivity contribution in [3.63, 3.8) is 0 Å². The van der Waals surface area contributed by atoms with Gasteiger partial charge >= 0.3 is 0 Å². The van der Waals surface area contributed by atoms with Crippen molar-refractivity contribution in [1.82, 2.24) is 10.3 Å². The maximum Gasteiger partial charge on any atom is 0.119 e. The molecule has 0 aliphatic rings. The van der Waals surface area contributed by atoms with Crippen molar-refractivity contribution < 1.29 is 4.74 Å². The van der Waals surface area contributed by atoms with Gasteiger partial charge in [0, 0.05) is 5.54 Å². The zero-order chi connectivity index (χ0) is 15.2. The van der Waals surface area contributed by atoms with Crippen molar-refractivity contribution in [3.8, 4) is 5.75 Å². The van der Waals surface area contributed by atoms with Gasteiger partial charge in [0.15, 0.2) is 0 Å². The second-order valence-corrected chi connectivity index (χ2v) is 5.43. The van der Waals surface area contributed by atoms with Crippen LogP contribution in [0.2, 0.25) is 0 Å². The summed E-state index contributed by atoms with van der Waals surface area (Å²) in [6.45, 7) is 13.5. The molecule has 3 N–H and O–H groups in total. The number of nitrogens with two attached hydrogens (primary N) is 1. The molecule has 0 amide bonds. The van der Waals surface area contributed by atoms with Crippen LogP contribution in [0.3, 0.4) is 0 Å². The summed E-state index contributed by atoms with van der Waals surface area (Å²) in [5, 5.41) is 0. The molecule has 114 valence electrons. The fourth-order valence-corrected chi connectivity index (χ4v) is 2.85. The van der Waals surface area contributed by atoms with E-state index in [-0.39, 0.29) is 11.6 Å². The Hall–Kier alpha value is -1.10. The van der Waals surface area contributed by atoms with Crippen molar-refractivity contribution >= 4 is 0 Å². The molecule has 0 spiro atoms. The molecule has 0 saturated heterocycles. The summed E-state index contributed by atoms with van der Waals surface area (Å²) in [6.07, 6.45) is 0. The maximum absolute atomic E-state index is 5.83. The lowest BCUT2D eigenvalue weighted by molar-refractivity contribution is 0.0912. The van der Waals surface area contributed by atoms with E-state index in [1.807, 2.05) is 19.1 Å². The third kappa shape index (κ3) is 3.72. The van der Waals surface area contributed by atoms with Crippen LogP contribution >= 0.6 is 0 Å². The minimum Gasteiger partial charge on any atom is -0.494 e. The van der Waals surface area contributed by atoms with Crippen molar-refractivity contribution in [3.05, 3.63) is 29.8 Å². The van der Waals surface area contributed by atoms with Gasteiger partial charge in [-0.05, 0) is 51.6 Å². The van der Waals surface area contributed by atoms with Crippen LogP contribution in [0.1, 0.15) is 46.2 Å². The van der Waals surface area contributed by atoms with E-state index < -0.39 is 0 Å². The highest BCUT2D eigenvalue weighted by Gasteiger charge is 2.34. The van der Waals surface area contributed by atoms with Gasteiger partial charge in [0.25, 0.3) is 0 Å². The van der Waals surface area contributed by atoms with E-state index in [0.29, 0.717) is 6.61 Å². The number of likely N-dealkylation sites (N-methyl/N-ethyl adjacent to an activating group) is 1. The molecule has 0 bridgehead atoms. The van der Waals surface area contributed by atoms with Gasteiger partial charge < -0.3 is 4.74 Å². The van der Waals surface area contributed by atoms with Crippen LogP contribution in [0.25, 0.3) is 0 Å². The molecule has 1 aromatic carbocycles. The summed E-state index contributed by atoms with van der Waals surface area (Å²) in [7, 11) is 0. The Labute approximate surface area is 123 Å². The molecule has 1 atom stereocenters. The summed E-state index contributed by atoms with van der Waals surface area (Å²) < 4.78 is 5.49. The van der Waals surface area contributed by atoms with Gasteiger partial charge in [0.05, 0.1) is 12.6 Å². The molecule has 0 fully saturated rings. The fraction of sp³-hybridized carbons (Fsp3) is 0.625. The van der Waals surface area contributed by atoms with Crippen LogP contribution in [-0.2, 0) is 0 Å². The quantitative estimate of drug-likeness (QED) is 0.567. The van der Waals surface area contributed by atoms with Gasteiger partial charge in [-0.15, -0.1) is 0 Å². The van der Waals surface area contributed by atoms with E-state index in [0.717, 1.165) is 18.8 Å². The molecule has 4 heteroatoms. The van der Waals surface area contributed by atoms with Crippen LogP contribution in [-0.4, -0.2) is 30.1 Å². The zero-order valence-corrected chi connectivity index (χ0v) is 13.4. The molecule has 0 aliphatic carbocycles. The molecule has 20 heavy (non-hydrogen) atoms. The number of ether oxygens (including phenoxy) is 1. The second kappa shape index (κ2) is 7.62. The molecule has 0 radical (unpaired) electrons. The first kappa shape index (κ1) is 17.0. The Kier molecular flexibility index (Phi) is 6.46. The molecular weight excluding hydrogens is 250 g/mol. The van der Waals surface area contributed by atoms with E-state index in [1.165, 1.54) is 5.56 Å². The first-order chi connectivity index (χ1) is 9.51. The van der Waals surface area contributed by atoms with Gasteiger partial charge in [-0.25, -0.2) is 0 Å². The predicted molar refractivity (Wildman–Crippen MR) is 84.7 cm³/mol. The Bertz CT molecular complexity index is 385. The van der Waals surface area contributed by atoms with Crippen LogP contribution in [0.4, 0.5) is 0 Å². The van der Waals surface area contributed by atoms with Crippen molar-refractivity contribution in [1.29, 1.82) is 0 Å². The normalized spacial score (nSPS) is 13.6. The number of hydrazine groups is 1. The Morgan fingerprint density at radius 3 is 2.10 bits per heavy atom. The largest absolute Gasteiger partial charge is 0.494 e. The van der Waals surface area contributed by atoms with Crippen molar-refractivity contribution in [2.75, 3.05) is 19.7 Å². The predicted octanol–water partition coefficient (Wildman–Crippen LogP) is 2.71. The molecule has 0 aliphatic heterocycles. The topological polar surface area (TPSA) is 50.5 Å². The monoisotopic (exact) mass is 279 g/mol. The third-order valence-corrected chi connectivity index (χ3v) is 3.98. The number of nitrogens with zero attached hydrogens (tertiary/aromatic N) is 1. The first-order valence-corrected chi connectivity index (χ1v) is 7.45. The van der Waals surface area contributed by atoms with Crippen molar-refractivity contribution in [2.24, 2.45) is 5.84 Å². The average Bonchev–Trinajstić information content (AvgIpc) is 2.42. The van der Waals surface area contributed by atoms with Gasteiger partial charge in [0.2, 0.25) is 0 Å². The highest BCUT2D eigenvalue weighted by molar-refractivity contribution is 5.30. The Balaban J connectivity index is 2.99. The van der Waals surface area contributed by atoms with Gasteiger partial charge in [-0.1, -0.05) is 26.0 Å². The summed E-state index contributed by atoms with van der Waals surface area (Å²) in [5.41, 5.74) is 4.09. The Morgan fingerprint density at radius 2 is 1.70 bits per heavy atom. The van der Waals surface area contributed by atoms with E-state index in [2.05, 4.69) is 50.2 Å². The Morgan fingerprint density at radius 1 is 1.15 bits per heavy atom. The minimum atomic E-state index is -0.0641. The van der Waals surface area contributed by atoms with Crippen molar-refractivity contribution in [2.45, 2.75) is 46.2 Å². The van der Waals surface area contributed by atoms with Gasteiger partial charge in [0.1, 0.15) is 5.75 Å². The first-order valence-electron chi connectivity index (χ1n) is 7.45. The van der Waals surface area contributed by atoms with E-state index in [1.54, 1.807) is 0 Å². The third-order valence-electron chi connectivity index (χ3n) is 3.98. The molecule has 0 heterocycles. The zero-order valence-electron chi connectivity index (χ0n) is 13.4. The van der Waals surface area contributed by atoms with Crippen LogP contribution in [0.5, 0.6) is 5.75 Å². The summed E-state index contributed by atoms with van der Waals surface area (Å²) in [5.74, 6) is 6.72. The van der Waals surface area contributed by atoms with Crippen LogP contribution < -0.4 is 16.0 Å². The van der Waals surface area contributed by atoms with Crippen LogP contribution in [0, 0.1) is 0 Å². The molecule has 4 nitrogen and oxygen atoms in total. The lowest BCUT2D eigenvalue weighted by atomic mass is 9.87. The molecular formula is C16H29N3O. The van der Waals surface area contributed by atoms with Gasteiger partial charge in [-0.3, -0.25) is 16.2 Å². The summed E-state index contributed by atoms with van der Waals surface area (Å²) >= 11 is 0. The number of hydrogen-bond donors (Lipinski definition) is 2. The number of nitrogens with one attached hydrogen (secondary N) is 1. The lowest BCUT2D eigenvalue weighted by Gasteiger charge is -2.43. The van der Waals surface area contributed by atoms with Gasteiger partial charge in [-0.2, -0.15) is 0 Å². The minimum absolute atomic E-state index is 0.0641. The average molecular weight is 279 g/mol. The second-order valence-electron chi connectivity index (χ2n) is 5.43. The molecule has 1 unspecified atom stereocenters. The maximum atomic E-state index is 5.83. The van der Waals surface area contributed by atoms with E-state index in [9.17, 15) is 0 Å². The lowest BCUT2D eigenvalue weighted by Crippen LogP contribution is -2.54. The van der Waals surface area contributed by atoms with E-state index >= 15 is 0 Å². The highest BCUT2D eigenvalue weighted by Crippen LogP contribution is 2.31. The fourth-order valence-electron chi connectivity index (χ4n) is 2.85. The van der Waals surface area contributed by atoms with E-state index in [4.69, 9.17) is 10.6 Å². The highest BCUT2D eigenvalue weighted by atomic mass is 16.5.